The van der Waals surface area contributed by atoms with Crippen LogP contribution in [0.5, 0.6) is 0 Å². The molecule has 0 unspecified atom stereocenters. The van der Waals surface area contributed by atoms with Crippen LogP contribution in [-0.4, -0.2) is 46.7 Å². The van der Waals surface area contributed by atoms with Crippen LogP contribution in [0.15, 0.2) is 96.0 Å². The van der Waals surface area contributed by atoms with Gasteiger partial charge < -0.3 is 15.5 Å². The molecule has 2 aliphatic heterocycles. The Bertz CT molecular complexity index is 1720. The number of amides is 3. The Labute approximate surface area is 266 Å². The van der Waals surface area contributed by atoms with Crippen LogP contribution in [-0.2, 0) is 17.9 Å². The number of carbonyl (C=O) groups excluding carboxylic acids is 3. The molecule has 10 heteroatoms. The van der Waals surface area contributed by atoms with Crippen molar-refractivity contribution in [2.24, 2.45) is 5.92 Å². The molecule has 9 nitrogen and oxygen atoms in total. The molecule has 228 valence electrons. The van der Waals surface area contributed by atoms with Crippen molar-refractivity contribution in [2.75, 3.05) is 24.5 Å². The number of thioether (sulfide) groups is 1. The number of carbonyl (C=O) groups is 3. The van der Waals surface area contributed by atoms with Crippen LogP contribution < -0.4 is 20.9 Å². The highest BCUT2D eigenvalue weighted by atomic mass is 32.2. The molecule has 0 spiro atoms. The number of benzene rings is 3. The van der Waals surface area contributed by atoms with Crippen molar-refractivity contribution in [3.05, 3.63) is 118 Å². The summed E-state index contributed by atoms with van der Waals surface area (Å²) in [6.07, 6.45) is 5.33. The molecule has 3 aromatic carbocycles. The van der Waals surface area contributed by atoms with Gasteiger partial charge in [0, 0.05) is 37.9 Å². The highest BCUT2D eigenvalue weighted by Gasteiger charge is 2.26. The SMILES string of the molecule is O=C1NC(=O)C(=Cc2ccnc(N3CCC(CNCc4ccccc4-c4cccc(C(=O)NCc5ccccc5)c4)CC3)n2)S1. The van der Waals surface area contributed by atoms with Gasteiger partial charge >= 0.3 is 0 Å². The quantitative estimate of drug-likeness (QED) is 0.202. The van der Waals surface area contributed by atoms with E-state index in [0.717, 1.165) is 67.5 Å². The van der Waals surface area contributed by atoms with Gasteiger partial charge in [-0.3, -0.25) is 19.7 Å². The maximum Gasteiger partial charge on any atom is 0.290 e. The van der Waals surface area contributed by atoms with Crippen molar-refractivity contribution in [3.63, 3.8) is 0 Å². The van der Waals surface area contributed by atoms with E-state index in [0.29, 0.717) is 34.6 Å². The number of nitrogens with zero attached hydrogens (tertiary/aromatic N) is 3. The number of hydrogen-bond donors (Lipinski definition) is 3. The number of rotatable bonds is 10. The lowest BCUT2D eigenvalue weighted by molar-refractivity contribution is -0.115. The molecule has 0 atom stereocenters. The third kappa shape index (κ3) is 7.84. The van der Waals surface area contributed by atoms with E-state index in [-0.39, 0.29) is 11.1 Å². The standard InChI is InChI=1S/C35H34N6O3S/c42-32(38-22-24-7-2-1-3-8-24)27-11-6-10-26(19-27)30-12-5-4-9-28(30)23-36-21-25-14-17-41(18-15-25)34-37-16-13-29(39-34)20-31-33(43)40-35(44)45-31/h1-13,16,19-20,25,36H,14-15,17-18,21-23H2,(H,38,42)(H,40,43,44). The second-order valence-electron chi connectivity index (χ2n) is 11.1. The van der Waals surface area contributed by atoms with Crippen LogP contribution in [0.2, 0.25) is 0 Å². The lowest BCUT2D eigenvalue weighted by Gasteiger charge is -2.32. The van der Waals surface area contributed by atoms with Crippen LogP contribution in [0.1, 0.15) is 40.0 Å². The fourth-order valence-electron chi connectivity index (χ4n) is 5.56. The third-order valence-electron chi connectivity index (χ3n) is 7.98. The topological polar surface area (TPSA) is 116 Å². The third-order valence-corrected chi connectivity index (χ3v) is 8.79. The predicted octanol–water partition coefficient (Wildman–Crippen LogP) is 5.40. The number of nitrogens with one attached hydrogen (secondary N) is 3. The lowest BCUT2D eigenvalue weighted by atomic mass is 9.96. The molecule has 6 rings (SSSR count). The molecule has 0 saturated carbocycles. The average Bonchev–Trinajstić information content (AvgIpc) is 3.40. The van der Waals surface area contributed by atoms with E-state index in [1.165, 1.54) is 5.56 Å². The van der Waals surface area contributed by atoms with Crippen LogP contribution in [0.25, 0.3) is 17.2 Å². The zero-order valence-corrected chi connectivity index (χ0v) is 25.6. The maximum atomic E-state index is 12.9. The zero-order chi connectivity index (χ0) is 31.0. The van der Waals surface area contributed by atoms with Gasteiger partial charge in [-0.1, -0.05) is 66.7 Å². The second kappa shape index (κ2) is 14.3. The van der Waals surface area contributed by atoms with E-state index >= 15 is 0 Å². The lowest BCUT2D eigenvalue weighted by Crippen LogP contribution is -2.38. The van der Waals surface area contributed by atoms with Gasteiger partial charge in [0.15, 0.2) is 0 Å². The Morgan fingerprint density at radius 2 is 1.76 bits per heavy atom. The van der Waals surface area contributed by atoms with Crippen molar-refractivity contribution >= 4 is 40.8 Å². The molecule has 3 amide bonds. The van der Waals surface area contributed by atoms with E-state index < -0.39 is 5.91 Å². The number of hydrogen-bond acceptors (Lipinski definition) is 8. The zero-order valence-electron chi connectivity index (χ0n) is 24.7. The Balaban J connectivity index is 1.01. The van der Waals surface area contributed by atoms with Gasteiger partial charge in [0.25, 0.3) is 17.1 Å². The van der Waals surface area contributed by atoms with E-state index in [1.54, 1.807) is 18.3 Å². The Morgan fingerprint density at radius 1 is 0.956 bits per heavy atom. The first-order valence-corrected chi connectivity index (χ1v) is 15.9. The van der Waals surface area contributed by atoms with Crippen LogP contribution >= 0.6 is 11.8 Å². The minimum atomic E-state index is -0.392. The molecular formula is C35H34N6O3S. The minimum Gasteiger partial charge on any atom is -0.348 e. The summed E-state index contributed by atoms with van der Waals surface area (Å²) in [5.74, 6) is 0.681. The molecule has 3 N–H and O–H groups in total. The van der Waals surface area contributed by atoms with Gasteiger partial charge in [0.05, 0.1) is 10.6 Å². The largest absolute Gasteiger partial charge is 0.348 e. The molecule has 2 saturated heterocycles. The summed E-state index contributed by atoms with van der Waals surface area (Å²) in [6, 6.07) is 27.8. The van der Waals surface area contributed by atoms with Gasteiger partial charge in [-0.15, -0.1) is 0 Å². The van der Waals surface area contributed by atoms with Crippen molar-refractivity contribution in [1.82, 2.24) is 25.9 Å². The van der Waals surface area contributed by atoms with Gasteiger partial charge in [0.2, 0.25) is 5.95 Å². The monoisotopic (exact) mass is 618 g/mol. The van der Waals surface area contributed by atoms with E-state index in [2.05, 4.69) is 55.1 Å². The Hall–Kier alpha value is -4.80. The number of piperidine rings is 1. The van der Waals surface area contributed by atoms with Crippen molar-refractivity contribution in [3.8, 4) is 11.1 Å². The number of aromatic nitrogens is 2. The summed E-state index contributed by atoms with van der Waals surface area (Å²) in [6.45, 7) is 3.81. The van der Waals surface area contributed by atoms with E-state index in [4.69, 9.17) is 0 Å². The number of imide groups is 1. The fraction of sp³-hybridized carbons (Fsp3) is 0.229. The number of anilines is 1. The smallest absolute Gasteiger partial charge is 0.290 e. The Kier molecular flexibility index (Phi) is 9.62. The summed E-state index contributed by atoms with van der Waals surface area (Å²) in [7, 11) is 0. The molecule has 0 aliphatic carbocycles. The summed E-state index contributed by atoms with van der Waals surface area (Å²) >= 11 is 0.883. The molecule has 3 heterocycles. The first-order chi connectivity index (χ1) is 22.0. The second-order valence-corrected chi connectivity index (χ2v) is 12.1. The van der Waals surface area contributed by atoms with Gasteiger partial charge in [0.1, 0.15) is 0 Å². The first-order valence-electron chi connectivity index (χ1n) is 15.1. The molecule has 2 aliphatic rings. The van der Waals surface area contributed by atoms with Gasteiger partial charge in [-0.25, -0.2) is 9.97 Å². The van der Waals surface area contributed by atoms with Crippen molar-refractivity contribution in [2.45, 2.75) is 25.9 Å². The summed E-state index contributed by atoms with van der Waals surface area (Å²) in [4.78, 5) is 47.8. The van der Waals surface area contributed by atoms with Crippen molar-refractivity contribution in [1.29, 1.82) is 0 Å². The molecule has 0 bridgehead atoms. The minimum absolute atomic E-state index is 0.0893. The first kappa shape index (κ1) is 30.2. The summed E-state index contributed by atoms with van der Waals surface area (Å²) in [5, 5.41) is 8.58. The molecule has 4 aromatic rings. The summed E-state index contributed by atoms with van der Waals surface area (Å²) in [5.41, 5.74) is 5.63. The maximum absolute atomic E-state index is 12.9. The fourth-order valence-corrected chi connectivity index (χ4v) is 6.23. The molecule has 1 aromatic heterocycles. The average molecular weight is 619 g/mol. The molecular weight excluding hydrogens is 584 g/mol. The predicted molar refractivity (Wildman–Crippen MR) is 177 cm³/mol. The van der Waals surface area contributed by atoms with E-state index in [1.807, 2.05) is 54.6 Å². The summed E-state index contributed by atoms with van der Waals surface area (Å²) < 4.78 is 0. The van der Waals surface area contributed by atoms with Crippen LogP contribution in [0.3, 0.4) is 0 Å². The normalized spacial score (nSPS) is 16.2. The van der Waals surface area contributed by atoms with E-state index in [9.17, 15) is 14.4 Å². The van der Waals surface area contributed by atoms with Crippen LogP contribution in [0.4, 0.5) is 10.7 Å². The van der Waals surface area contributed by atoms with Crippen LogP contribution in [0, 0.1) is 5.92 Å². The molecule has 0 radical (unpaired) electrons. The van der Waals surface area contributed by atoms with Gasteiger partial charge in [-0.05, 0) is 83.6 Å². The molecule has 45 heavy (non-hydrogen) atoms. The van der Waals surface area contributed by atoms with Crippen molar-refractivity contribution < 1.29 is 14.4 Å². The Morgan fingerprint density at radius 3 is 2.56 bits per heavy atom. The highest BCUT2D eigenvalue weighted by Crippen LogP contribution is 2.27. The molecule has 2 fully saturated rings. The van der Waals surface area contributed by atoms with Gasteiger partial charge in [-0.2, -0.15) is 0 Å². The highest BCUT2D eigenvalue weighted by molar-refractivity contribution is 8.18.